The van der Waals surface area contributed by atoms with Crippen LogP contribution in [0.2, 0.25) is 0 Å². The fourth-order valence-electron chi connectivity index (χ4n) is 4.19. The van der Waals surface area contributed by atoms with Gasteiger partial charge in [0.05, 0.1) is 0 Å². The van der Waals surface area contributed by atoms with Crippen LogP contribution < -0.4 is 5.43 Å². The summed E-state index contributed by atoms with van der Waals surface area (Å²) in [5.74, 6) is 0. The Morgan fingerprint density at radius 1 is 1.09 bits per heavy atom. The van der Waals surface area contributed by atoms with Crippen molar-refractivity contribution in [3.05, 3.63) is 56.4 Å². The third-order valence-corrected chi connectivity index (χ3v) is 7.84. The number of hydrogen-bond acceptors (Lipinski definition) is 3. The Morgan fingerprint density at radius 2 is 2.00 bits per heavy atom. The second kappa shape index (κ2) is 5.02. The lowest BCUT2D eigenvalue weighted by atomic mass is 9.61. The Bertz CT molecular complexity index is 946. The summed E-state index contributed by atoms with van der Waals surface area (Å²) in [4.78, 5) is 15.5. The van der Waals surface area contributed by atoms with Crippen molar-refractivity contribution in [1.29, 1.82) is 0 Å². The summed E-state index contributed by atoms with van der Waals surface area (Å²) in [7, 11) is 0. The molecule has 2 aliphatic rings. The molecule has 0 atom stereocenters. The summed E-state index contributed by atoms with van der Waals surface area (Å²) in [6.45, 7) is 0. The molecule has 23 heavy (non-hydrogen) atoms. The molecule has 3 aromatic rings. The van der Waals surface area contributed by atoms with E-state index in [1.807, 2.05) is 17.4 Å². The summed E-state index contributed by atoms with van der Waals surface area (Å²) in [5.41, 5.74) is 3.18. The third-order valence-electron chi connectivity index (χ3n) is 5.73. The Labute approximate surface area is 143 Å². The fraction of sp³-hybridized carbons (Fsp3) is 0.350. The Hall–Kier alpha value is -1.45. The molecule has 2 aromatic heterocycles. The normalized spacial score (nSPS) is 18.8. The Morgan fingerprint density at radius 3 is 2.74 bits per heavy atom. The molecule has 5 rings (SSSR count). The van der Waals surface area contributed by atoms with Crippen LogP contribution in [0.15, 0.2) is 40.5 Å². The predicted molar refractivity (Wildman–Crippen MR) is 99.7 cm³/mol. The number of thiophene rings is 1. The molecule has 2 heterocycles. The van der Waals surface area contributed by atoms with Crippen LogP contribution in [0.1, 0.15) is 36.1 Å². The summed E-state index contributed by atoms with van der Waals surface area (Å²) >= 11 is 3.63. The molecule has 0 radical (unpaired) electrons. The van der Waals surface area contributed by atoms with E-state index in [1.54, 1.807) is 11.3 Å². The average Bonchev–Trinajstić information content (AvgIpc) is 3.07. The van der Waals surface area contributed by atoms with Crippen molar-refractivity contribution in [3.63, 3.8) is 0 Å². The highest BCUT2D eigenvalue weighted by Gasteiger charge is 2.40. The topological polar surface area (TPSA) is 17.1 Å². The van der Waals surface area contributed by atoms with Gasteiger partial charge in [-0.25, -0.2) is 0 Å². The second-order valence-electron chi connectivity index (χ2n) is 7.05. The first-order valence-electron chi connectivity index (χ1n) is 8.37. The first-order chi connectivity index (χ1) is 11.2. The molecule has 1 fully saturated rings. The zero-order valence-electron chi connectivity index (χ0n) is 12.9. The van der Waals surface area contributed by atoms with Crippen molar-refractivity contribution in [2.75, 3.05) is 0 Å². The van der Waals surface area contributed by atoms with Crippen LogP contribution >= 0.6 is 22.7 Å². The minimum Gasteiger partial charge on any atom is -0.289 e. The predicted octanol–water partition coefficient (Wildman–Crippen LogP) is 5.65. The molecule has 0 amide bonds. The van der Waals surface area contributed by atoms with Crippen LogP contribution in [0, 0.1) is 5.41 Å². The van der Waals surface area contributed by atoms with Crippen molar-refractivity contribution >= 4 is 32.8 Å². The first-order valence-corrected chi connectivity index (χ1v) is 10.1. The molecular weight excluding hydrogens is 320 g/mol. The smallest absolute Gasteiger partial charge is 0.191 e. The van der Waals surface area contributed by atoms with Gasteiger partial charge in [-0.15, -0.1) is 22.7 Å². The SMILES string of the molecule is O=c1c2c(sc3cc(-c4cccs4)ccc13)CC1(CCC1)CC2. The zero-order valence-corrected chi connectivity index (χ0v) is 14.6. The standard InChI is InChI=1S/C20H18OS2/c21-19-14-5-4-13(16-3-1-10-22-16)11-17(14)23-18-12-20(7-2-8-20)9-6-15(18)19/h1,3-5,10-11H,2,6-9,12H2. The van der Waals surface area contributed by atoms with E-state index >= 15 is 0 Å². The van der Waals surface area contributed by atoms with E-state index in [0.717, 1.165) is 28.5 Å². The van der Waals surface area contributed by atoms with Gasteiger partial charge in [0.15, 0.2) is 5.43 Å². The number of rotatable bonds is 1. The van der Waals surface area contributed by atoms with Crippen LogP contribution in [-0.2, 0) is 12.8 Å². The molecule has 116 valence electrons. The van der Waals surface area contributed by atoms with Crippen molar-refractivity contribution in [1.82, 2.24) is 0 Å². The highest BCUT2D eigenvalue weighted by Crippen LogP contribution is 2.51. The maximum atomic E-state index is 12.9. The summed E-state index contributed by atoms with van der Waals surface area (Å²) in [6.07, 6.45) is 7.46. The van der Waals surface area contributed by atoms with Gasteiger partial charge >= 0.3 is 0 Å². The van der Waals surface area contributed by atoms with Gasteiger partial charge in [-0.05, 0) is 66.7 Å². The van der Waals surface area contributed by atoms with E-state index in [1.165, 1.54) is 41.0 Å². The largest absolute Gasteiger partial charge is 0.289 e. The Balaban J connectivity index is 1.68. The van der Waals surface area contributed by atoms with Gasteiger partial charge in [0.1, 0.15) is 0 Å². The van der Waals surface area contributed by atoms with Gasteiger partial charge < -0.3 is 0 Å². The molecule has 0 aliphatic heterocycles. The van der Waals surface area contributed by atoms with Gasteiger partial charge in [0, 0.05) is 25.4 Å². The molecular formula is C20H18OS2. The molecule has 1 spiro atoms. The number of fused-ring (bicyclic) bond motifs is 2. The molecule has 0 N–H and O–H groups in total. The van der Waals surface area contributed by atoms with Gasteiger partial charge in [0.25, 0.3) is 0 Å². The van der Waals surface area contributed by atoms with Crippen LogP contribution in [0.5, 0.6) is 0 Å². The lowest BCUT2D eigenvalue weighted by Crippen LogP contribution is -2.36. The highest BCUT2D eigenvalue weighted by atomic mass is 32.1. The van der Waals surface area contributed by atoms with Crippen LogP contribution in [0.3, 0.4) is 0 Å². The molecule has 0 saturated heterocycles. The van der Waals surface area contributed by atoms with Gasteiger partial charge in [-0.2, -0.15) is 0 Å². The van der Waals surface area contributed by atoms with Crippen molar-refractivity contribution in [3.8, 4) is 10.4 Å². The van der Waals surface area contributed by atoms with E-state index in [4.69, 9.17) is 0 Å². The van der Waals surface area contributed by atoms with Crippen molar-refractivity contribution in [2.45, 2.75) is 38.5 Å². The summed E-state index contributed by atoms with van der Waals surface area (Å²) in [6, 6.07) is 10.6. The molecule has 0 bridgehead atoms. The molecule has 2 aliphatic carbocycles. The molecule has 1 nitrogen and oxygen atoms in total. The average molecular weight is 338 g/mol. The maximum Gasteiger partial charge on any atom is 0.191 e. The van der Waals surface area contributed by atoms with E-state index < -0.39 is 0 Å². The molecule has 3 heteroatoms. The highest BCUT2D eigenvalue weighted by molar-refractivity contribution is 7.18. The van der Waals surface area contributed by atoms with Crippen LogP contribution in [0.4, 0.5) is 0 Å². The molecule has 1 aromatic carbocycles. The lowest BCUT2D eigenvalue weighted by molar-refractivity contribution is 0.113. The third kappa shape index (κ3) is 2.14. The quantitative estimate of drug-likeness (QED) is 0.560. The summed E-state index contributed by atoms with van der Waals surface area (Å²) in [5, 5.41) is 3.02. The fourth-order valence-corrected chi connectivity index (χ4v) is 6.33. The van der Waals surface area contributed by atoms with Crippen molar-refractivity contribution < 1.29 is 0 Å². The van der Waals surface area contributed by atoms with E-state index in [-0.39, 0.29) is 0 Å². The van der Waals surface area contributed by atoms with Crippen LogP contribution in [0.25, 0.3) is 20.5 Å². The van der Waals surface area contributed by atoms with Gasteiger partial charge in [-0.1, -0.05) is 18.6 Å². The maximum absolute atomic E-state index is 12.9. The first kappa shape index (κ1) is 13.9. The van der Waals surface area contributed by atoms with Gasteiger partial charge in [-0.3, -0.25) is 4.79 Å². The lowest BCUT2D eigenvalue weighted by Gasteiger charge is -2.45. The van der Waals surface area contributed by atoms with E-state index in [0.29, 0.717) is 10.8 Å². The minimum absolute atomic E-state index is 0.292. The number of hydrogen-bond donors (Lipinski definition) is 0. The zero-order chi connectivity index (χ0) is 15.4. The van der Waals surface area contributed by atoms with Gasteiger partial charge in [0.2, 0.25) is 0 Å². The monoisotopic (exact) mass is 338 g/mol. The second-order valence-corrected chi connectivity index (χ2v) is 9.14. The summed E-state index contributed by atoms with van der Waals surface area (Å²) < 4.78 is 1.16. The Kier molecular flexibility index (Phi) is 3.04. The van der Waals surface area contributed by atoms with E-state index in [2.05, 4.69) is 29.6 Å². The number of benzene rings is 1. The molecule has 0 unspecified atom stereocenters. The van der Waals surface area contributed by atoms with E-state index in [9.17, 15) is 4.79 Å². The van der Waals surface area contributed by atoms with Crippen molar-refractivity contribution in [2.24, 2.45) is 5.41 Å². The molecule has 1 saturated carbocycles. The van der Waals surface area contributed by atoms with Crippen LogP contribution in [-0.4, -0.2) is 0 Å². The minimum atomic E-state index is 0.292.